The molecule has 0 spiro atoms. The van der Waals surface area contributed by atoms with Crippen molar-refractivity contribution in [3.05, 3.63) is 163 Å². The quantitative estimate of drug-likeness (QED) is 0.185. The van der Waals surface area contributed by atoms with Crippen molar-refractivity contribution in [2.24, 2.45) is 0 Å². The lowest BCUT2D eigenvalue weighted by atomic mass is 9.97. The summed E-state index contributed by atoms with van der Waals surface area (Å²) < 4.78 is 0. The molecule has 0 unspecified atom stereocenters. The predicted molar refractivity (Wildman–Crippen MR) is 164 cm³/mol. The van der Waals surface area contributed by atoms with Gasteiger partial charge in [0, 0.05) is 11.1 Å². The molecule has 0 fully saturated rings. The fraction of sp³-hybridized carbons (Fsp3) is 0.0811. The molecule has 186 valence electrons. The number of rotatable bonds is 9. The number of nitrogens with zero attached hydrogens (tertiary/aromatic N) is 1. The summed E-state index contributed by atoms with van der Waals surface area (Å²) in [5.41, 5.74) is 9.34. The molecule has 0 saturated heterocycles. The first-order chi connectivity index (χ1) is 18.9. The van der Waals surface area contributed by atoms with Crippen LogP contribution in [0.25, 0.3) is 28.0 Å². The van der Waals surface area contributed by atoms with Crippen LogP contribution in [0.1, 0.15) is 25.3 Å². The average Bonchev–Trinajstić information content (AvgIpc) is 3.00. The van der Waals surface area contributed by atoms with Crippen LogP contribution >= 0.6 is 0 Å². The van der Waals surface area contributed by atoms with Crippen molar-refractivity contribution in [2.45, 2.75) is 19.8 Å². The summed E-state index contributed by atoms with van der Waals surface area (Å²) in [5, 5.41) is 0. The number of allylic oxidation sites excluding steroid dienone is 3. The van der Waals surface area contributed by atoms with Gasteiger partial charge in [0.1, 0.15) is 0 Å². The number of hydrogen-bond acceptors (Lipinski definition) is 1. The largest absolute Gasteiger partial charge is 0.309 e. The molecule has 1 heteroatoms. The zero-order chi connectivity index (χ0) is 26.0. The van der Waals surface area contributed by atoms with Gasteiger partial charge >= 0.3 is 0 Å². The van der Waals surface area contributed by atoms with Gasteiger partial charge in [0.25, 0.3) is 0 Å². The SMILES string of the molecule is CCC/C=C\C=C(/c1ccccc1)N(c1ccccc1-c1ccccc1)c1ccccc1-c1ccccc1. The van der Waals surface area contributed by atoms with Crippen molar-refractivity contribution in [1.82, 2.24) is 0 Å². The first kappa shape index (κ1) is 25.0. The molecular formula is C37H33N. The van der Waals surface area contributed by atoms with E-state index < -0.39 is 0 Å². The van der Waals surface area contributed by atoms with Crippen LogP contribution in [0.3, 0.4) is 0 Å². The van der Waals surface area contributed by atoms with Gasteiger partial charge in [-0.05, 0) is 41.3 Å². The van der Waals surface area contributed by atoms with E-state index in [0.29, 0.717) is 0 Å². The summed E-state index contributed by atoms with van der Waals surface area (Å²) >= 11 is 0. The van der Waals surface area contributed by atoms with Gasteiger partial charge in [0.15, 0.2) is 0 Å². The lowest BCUT2D eigenvalue weighted by Crippen LogP contribution is -2.17. The second-order valence-corrected chi connectivity index (χ2v) is 9.24. The minimum Gasteiger partial charge on any atom is -0.309 e. The fourth-order valence-corrected chi connectivity index (χ4v) is 4.78. The van der Waals surface area contributed by atoms with E-state index in [4.69, 9.17) is 0 Å². The Balaban J connectivity index is 1.80. The maximum atomic E-state index is 2.43. The van der Waals surface area contributed by atoms with E-state index in [9.17, 15) is 0 Å². The van der Waals surface area contributed by atoms with Crippen LogP contribution in [0.5, 0.6) is 0 Å². The lowest BCUT2D eigenvalue weighted by Gasteiger charge is -2.32. The van der Waals surface area contributed by atoms with Gasteiger partial charge in [-0.2, -0.15) is 0 Å². The Morgan fingerprint density at radius 1 is 0.553 bits per heavy atom. The van der Waals surface area contributed by atoms with E-state index in [1.807, 2.05) is 0 Å². The summed E-state index contributed by atoms with van der Waals surface area (Å²) in [5.74, 6) is 0. The minimum atomic E-state index is 1.06. The molecule has 5 aromatic rings. The predicted octanol–water partition coefficient (Wildman–Crippen LogP) is 10.6. The van der Waals surface area contributed by atoms with Crippen molar-refractivity contribution >= 4 is 17.1 Å². The first-order valence-corrected chi connectivity index (χ1v) is 13.4. The summed E-state index contributed by atoms with van der Waals surface area (Å²) in [6, 6.07) is 49.4. The van der Waals surface area contributed by atoms with Crippen LogP contribution in [0, 0.1) is 0 Å². The van der Waals surface area contributed by atoms with Gasteiger partial charge in [-0.3, -0.25) is 0 Å². The molecule has 0 N–H and O–H groups in total. The van der Waals surface area contributed by atoms with Gasteiger partial charge in [0.2, 0.25) is 0 Å². The van der Waals surface area contributed by atoms with E-state index in [0.717, 1.165) is 29.9 Å². The van der Waals surface area contributed by atoms with Crippen LogP contribution in [-0.4, -0.2) is 0 Å². The summed E-state index contributed by atoms with van der Waals surface area (Å²) in [7, 11) is 0. The van der Waals surface area contributed by atoms with Crippen molar-refractivity contribution in [3.63, 3.8) is 0 Å². The molecular weight excluding hydrogens is 458 g/mol. The molecule has 0 radical (unpaired) electrons. The summed E-state index contributed by atoms with van der Waals surface area (Å²) in [4.78, 5) is 2.43. The highest BCUT2D eigenvalue weighted by molar-refractivity contribution is 5.98. The fourth-order valence-electron chi connectivity index (χ4n) is 4.78. The lowest BCUT2D eigenvalue weighted by molar-refractivity contribution is 0.959. The van der Waals surface area contributed by atoms with E-state index in [-0.39, 0.29) is 0 Å². The molecule has 0 aliphatic heterocycles. The number of para-hydroxylation sites is 2. The highest BCUT2D eigenvalue weighted by Gasteiger charge is 2.22. The molecule has 0 amide bonds. The molecule has 0 saturated carbocycles. The highest BCUT2D eigenvalue weighted by Crippen LogP contribution is 2.44. The number of benzene rings is 5. The molecule has 0 aromatic heterocycles. The zero-order valence-corrected chi connectivity index (χ0v) is 21.9. The van der Waals surface area contributed by atoms with E-state index >= 15 is 0 Å². The smallest absolute Gasteiger partial charge is 0.0540 e. The van der Waals surface area contributed by atoms with Crippen molar-refractivity contribution in [2.75, 3.05) is 4.90 Å². The number of unbranched alkanes of at least 4 members (excludes halogenated alkanes) is 1. The molecule has 0 aliphatic carbocycles. The standard InChI is InChI=1S/C37H33N/c1-2-3-4-14-27-35(32-23-12-7-13-24-32)38(36-28-17-15-25-33(36)30-19-8-5-9-20-30)37-29-18-16-26-34(37)31-21-10-6-11-22-31/h4-29H,2-3H2,1H3/b14-4-,35-27+. The molecule has 0 aliphatic rings. The van der Waals surface area contributed by atoms with Crippen molar-refractivity contribution < 1.29 is 0 Å². The summed E-state index contributed by atoms with van der Waals surface area (Å²) in [6.07, 6.45) is 8.90. The van der Waals surface area contributed by atoms with Crippen LogP contribution < -0.4 is 4.90 Å². The van der Waals surface area contributed by atoms with Gasteiger partial charge < -0.3 is 4.90 Å². The average molecular weight is 492 g/mol. The molecule has 38 heavy (non-hydrogen) atoms. The Kier molecular flexibility index (Phi) is 8.28. The summed E-state index contributed by atoms with van der Waals surface area (Å²) in [6.45, 7) is 2.21. The Bertz CT molecular complexity index is 1420. The molecule has 0 bridgehead atoms. The first-order valence-electron chi connectivity index (χ1n) is 13.4. The maximum Gasteiger partial charge on any atom is 0.0540 e. The van der Waals surface area contributed by atoms with Gasteiger partial charge in [-0.25, -0.2) is 0 Å². The minimum absolute atomic E-state index is 1.06. The maximum absolute atomic E-state index is 2.43. The van der Waals surface area contributed by atoms with Gasteiger partial charge in [-0.1, -0.05) is 153 Å². The second-order valence-electron chi connectivity index (χ2n) is 9.24. The van der Waals surface area contributed by atoms with Crippen molar-refractivity contribution in [3.8, 4) is 22.3 Å². The van der Waals surface area contributed by atoms with E-state index in [1.165, 1.54) is 27.8 Å². The third-order valence-electron chi connectivity index (χ3n) is 6.62. The third-order valence-corrected chi connectivity index (χ3v) is 6.62. The van der Waals surface area contributed by atoms with Crippen LogP contribution in [0.2, 0.25) is 0 Å². The molecule has 1 nitrogen and oxygen atoms in total. The number of anilines is 2. The monoisotopic (exact) mass is 491 g/mol. The molecule has 5 aromatic carbocycles. The van der Waals surface area contributed by atoms with Crippen LogP contribution in [0.15, 0.2) is 158 Å². The Morgan fingerprint density at radius 2 is 1.00 bits per heavy atom. The molecule has 0 heterocycles. The van der Waals surface area contributed by atoms with Crippen LogP contribution in [-0.2, 0) is 0 Å². The zero-order valence-electron chi connectivity index (χ0n) is 21.9. The van der Waals surface area contributed by atoms with E-state index in [1.54, 1.807) is 0 Å². The molecule has 5 rings (SSSR count). The topological polar surface area (TPSA) is 3.24 Å². The highest BCUT2D eigenvalue weighted by atomic mass is 15.2. The van der Waals surface area contributed by atoms with Gasteiger partial charge in [0.05, 0.1) is 17.1 Å². The Hall–Kier alpha value is -4.62. The molecule has 0 atom stereocenters. The van der Waals surface area contributed by atoms with E-state index in [2.05, 4.69) is 170 Å². The Morgan fingerprint density at radius 3 is 1.50 bits per heavy atom. The normalized spacial score (nSPS) is 11.6. The second kappa shape index (κ2) is 12.6. The number of hydrogen-bond donors (Lipinski definition) is 0. The van der Waals surface area contributed by atoms with Crippen LogP contribution in [0.4, 0.5) is 11.4 Å². The third kappa shape index (κ3) is 5.68. The van der Waals surface area contributed by atoms with Gasteiger partial charge in [-0.15, -0.1) is 0 Å². The Labute approximate surface area is 227 Å². The van der Waals surface area contributed by atoms with Crippen molar-refractivity contribution in [1.29, 1.82) is 0 Å².